The maximum atomic E-state index is 12.6. The number of hydrogen-bond acceptors (Lipinski definition) is 3. The third kappa shape index (κ3) is 2.60. The molecule has 0 amide bonds. The number of thioether (sulfide) groups is 1. The Morgan fingerprint density at radius 3 is 2.47 bits per heavy atom. The highest BCUT2D eigenvalue weighted by Gasteiger charge is 2.38. The fourth-order valence-corrected chi connectivity index (χ4v) is 4.90. The zero-order valence-electron chi connectivity index (χ0n) is 11.9. The molecule has 3 rings (SSSR count). The van der Waals surface area contributed by atoms with Gasteiger partial charge in [0.15, 0.2) is 5.78 Å². The summed E-state index contributed by atoms with van der Waals surface area (Å²) in [6, 6.07) is 0. The van der Waals surface area contributed by atoms with E-state index in [0.717, 1.165) is 28.9 Å². The van der Waals surface area contributed by atoms with Gasteiger partial charge in [0.1, 0.15) is 0 Å². The molecule has 0 saturated carbocycles. The van der Waals surface area contributed by atoms with E-state index in [1.54, 1.807) is 6.20 Å². The van der Waals surface area contributed by atoms with Crippen LogP contribution in [-0.4, -0.2) is 26.1 Å². The Morgan fingerprint density at radius 2 is 1.95 bits per heavy atom. The molecular weight excluding hydrogens is 256 g/mol. The topological polar surface area (TPSA) is 34.9 Å². The molecule has 0 aliphatic carbocycles. The van der Waals surface area contributed by atoms with E-state index in [1.807, 2.05) is 10.9 Å². The maximum absolute atomic E-state index is 12.6. The van der Waals surface area contributed by atoms with Gasteiger partial charge in [0, 0.05) is 22.6 Å². The molecule has 3 nitrogen and oxygen atoms in total. The number of hydrogen-bond donors (Lipinski definition) is 0. The summed E-state index contributed by atoms with van der Waals surface area (Å²) in [5.41, 5.74) is 0.742. The summed E-state index contributed by atoms with van der Waals surface area (Å²) in [4.78, 5) is 12.6. The van der Waals surface area contributed by atoms with Gasteiger partial charge >= 0.3 is 0 Å². The first-order chi connectivity index (χ1) is 8.93. The third-order valence-electron chi connectivity index (χ3n) is 4.22. The van der Waals surface area contributed by atoms with Gasteiger partial charge in [0.05, 0.1) is 17.3 Å². The molecule has 2 aliphatic heterocycles. The minimum atomic E-state index is -0.0556. The summed E-state index contributed by atoms with van der Waals surface area (Å²) >= 11 is 2.11. The summed E-state index contributed by atoms with van der Waals surface area (Å²) in [7, 11) is 0. The van der Waals surface area contributed by atoms with Gasteiger partial charge in [-0.15, -0.1) is 0 Å². The predicted octanol–water partition coefficient (Wildman–Crippen LogP) is 3.50. The first-order valence-corrected chi connectivity index (χ1v) is 8.12. The van der Waals surface area contributed by atoms with Gasteiger partial charge in [-0.05, 0) is 46.5 Å². The molecule has 2 fully saturated rings. The van der Waals surface area contributed by atoms with Crippen molar-refractivity contribution in [2.45, 2.75) is 62.5 Å². The number of rotatable bonds is 2. The van der Waals surface area contributed by atoms with Crippen molar-refractivity contribution in [1.82, 2.24) is 9.78 Å². The Balaban J connectivity index is 1.75. The molecule has 1 aromatic heterocycles. The van der Waals surface area contributed by atoms with Crippen molar-refractivity contribution in [3.05, 3.63) is 18.0 Å². The predicted molar refractivity (Wildman–Crippen MR) is 78.7 cm³/mol. The summed E-state index contributed by atoms with van der Waals surface area (Å²) < 4.78 is 1.90. The Hall–Kier alpha value is -0.770. The molecule has 0 spiro atoms. The van der Waals surface area contributed by atoms with Gasteiger partial charge in [-0.3, -0.25) is 9.48 Å². The lowest BCUT2D eigenvalue weighted by Gasteiger charge is -2.26. The first-order valence-electron chi connectivity index (χ1n) is 7.18. The normalized spacial score (nSPS) is 30.6. The number of Topliss-reactive ketones (excluding diaryl/α,β-unsaturated/α-hetero) is 1. The largest absolute Gasteiger partial charge is 0.294 e. The zero-order chi connectivity index (χ0) is 13.6. The average molecular weight is 278 g/mol. The summed E-state index contributed by atoms with van der Waals surface area (Å²) in [6.45, 7) is 6.31. The van der Waals surface area contributed by atoms with Crippen molar-refractivity contribution in [1.29, 1.82) is 0 Å². The fraction of sp³-hybridized carbons (Fsp3) is 0.733. The van der Waals surface area contributed by atoms with Crippen LogP contribution in [0.25, 0.3) is 0 Å². The van der Waals surface area contributed by atoms with Gasteiger partial charge < -0.3 is 0 Å². The lowest BCUT2D eigenvalue weighted by molar-refractivity contribution is 0.0906. The molecule has 19 heavy (non-hydrogen) atoms. The van der Waals surface area contributed by atoms with Crippen molar-refractivity contribution < 1.29 is 4.79 Å². The van der Waals surface area contributed by atoms with Crippen molar-refractivity contribution >= 4 is 17.5 Å². The number of nitrogens with zero attached hydrogens (tertiary/aromatic N) is 2. The lowest BCUT2D eigenvalue weighted by Crippen LogP contribution is -2.25. The molecule has 104 valence electrons. The van der Waals surface area contributed by atoms with Gasteiger partial charge in [-0.1, -0.05) is 0 Å². The number of aromatic nitrogens is 2. The molecule has 2 bridgehead atoms. The smallest absolute Gasteiger partial charge is 0.169 e. The molecular formula is C15H22N2OS. The van der Waals surface area contributed by atoms with E-state index in [4.69, 9.17) is 0 Å². The van der Waals surface area contributed by atoms with Crippen LogP contribution in [0.2, 0.25) is 0 Å². The average Bonchev–Trinajstić information content (AvgIpc) is 2.95. The lowest BCUT2D eigenvalue weighted by atomic mass is 9.91. The molecule has 2 aliphatic rings. The second-order valence-corrected chi connectivity index (χ2v) is 8.44. The number of fused-ring (bicyclic) bond motifs is 2. The van der Waals surface area contributed by atoms with E-state index in [-0.39, 0.29) is 11.5 Å². The minimum Gasteiger partial charge on any atom is -0.294 e. The Labute approximate surface area is 119 Å². The summed E-state index contributed by atoms with van der Waals surface area (Å²) in [6.07, 6.45) is 8.42. The van der Waals surface area contributed by atoms with Crippen LogP contribution >= 0.6 is 11.8 Å². The number of carbonyl (C=O) groups excluding carboxylic acids is 1. The van der Waals surface area contributed by atoms with Crippen molar-refractivity contribution in [3.8, 4) is 0 Å². The molecule has 4 heteroatoms. The van der Waals surface area contributed by atoms with Crippen LogP contribution < -0.4 is 0 Å². The van der Waals surface area contributed by atoms with Crippen molar-refractivity contribution in [2.75, 3.05) is 0 Å². The monoisotopic (exact) mass is 278 g/mol. The standard InChI is InChI=1S/C15H22N2OS/c1-15(2,3)17-9-11(8-16-17)14(18)10-6-12-4-5-13(7-10)19-12/h8-10,12-13H,4-7H2,1-3H3. The molecule has 0 radical (unpaired) electrons. The quantitative estimate of drug-likeness (QED) is 0.777. The number of ketones is 1. The van der Waals surface area contributed by atoms with Crippen LogP contribution in [0.5, 0.6) is 0 Å². The van der Waals surface area contributed by atoms with Gasteiger partial charge in [-0.25, -0.2) is 0 Å². The van der Waals surface area contributed by atoms with Crippen LogP contribution in [0, 0.1) is 5.92 Å². The Morgan fingerprint density at radius 1 is 1.32 bits per heavy atom. The number of carbonyl (C=O) groups is 1. The fourth-order valence-electron chi connectivity index (χ4n) is 3.12. The van der Waals surface area contributed by atoms with Crippen LogP contribution in [0.3, 0.4) is 0 Å². The van der Waals surface area contributed by atoms with Gasteiger partial charge in [0.25, 0.3) is 0 Å². The molecule has 1 aromatic rings. The molecule has 2 saturated heterocycles. The van der Waals surface area contributed by atoms with E-state index in [1.165, 1.54) is 12.8 Å². The highest BCUT2D eigenvalue weighted by Crippen LogP contribution is 2.46. The van der Waals surface area contributed by atoms with E-state index in [2.05, 4.69) is 37.6 Å². The summed E-state index contributed by atoms with van der Waals surface area (Å²) in [5, 5.41) is 5.80. The van der Waals surface area contributed by atoms with E-state index in [9.17, 15) is 4.79 Å². The third-order valence-corrected chi connectivity index (χ3v) is 5.84. The maximum Gasteiger partial charge on any atom is 0.169 e. The Bertz CT molecular complexity index is 477. The molecule has 2 unspecified atom stereocenters. The van der Waals surface area contributed by atoms with Crippen molar-refractivity contribution in [3.63, 3.8) is 0 Å². The molecule has 0 N–H and O–H groups in total. The SMILES string of the molecule is CC(C)(C)n1cc(C(=O)C2CC3CCC(C2)S3)cn1. The first kappa shape index (κ1) is 13.2. The second kappa shape index (κ2) is 4.65. The van der Waals surface area contributed by atoms with E-state index in [0.29, 0.717) is 5.78 Å². The van der Waals surface area contributed by atoms with Crippen LogP contribution in [0.1, 0.15) is 56.8 Å². The van der Waals surface area contributed by atoms with Gasteiger partial charge in [0.2, 0.25) is 0 Å². The summed E-state index contributed by atoms with van der Waals surface area (Å²) in [5.74, 6) is 0.545. The van der Waals surface area contributed by atoms with Crippen LogP contribution in [-0.2, 0) is 5.54 Å². The Kier molecular flexibility index (Phi) is 3.24. The van der Waals surface area contributed by atoms with Crippen molar-refractivity contribution in [2.24, 2.45) is 5.92 Å². The molecule has 0 aromatic carbocycles. The highest BCUT2D eigenvalue weighted by atomic mass is 32.2. The van der Waals surface area contributed by atoms with E-state index < -0.39 is 0 Å². The highest BCUT2D eigenvalue weighted by molar-refractivity contribution is 8.00. The molecule has 3 heterocycles. The minimum absolute atomic E-state index is 0.0556. The molecule has 2 atom stereocenters. The van der Waals surface area contributed by atoms with E-state index >= 15 is 0 Å². The zero-order valence-corrected chi connectivity index (χ0v) is 12.7. The van der Waals surface area contributed by atoms with Crippen LogP contribution in [0.15, 0.2) is 12.4 Å². The van der Waals surface area contributed by atoms with Gasteiger partial charge in [-0.2, -0.15) is 16.9 Å². The van der Waals surface area contributed by atoms with Crippen LogP contribution in [0.4, 0.5) is 0 Å². The second-order valence-electron chi connectivity index (χ2n) is 6.83.